The van der Waals surface area contributed by atoms with Gasteiger partial charge in [-0.15, -0.1) is 0 Å². The van der Waals surface area contributed by atoms with Gasteiger partial charge < -0.3 is 59.5 Å². The Morgan fingerprint density at radius 3 is 1.36 bits per heavy atom. The van der Waals surface area contributed by atoms with E-state index in [4.69, 9.17) is 14.6 Å². The molecule has 14 rings (SSSR count). The molecule has 4 aromatic heterocycles. The van der Waals surface area contributed by atoms with E-state index in [0.717, 1.165) is 194 Å². The second-order valence-corrected chi connectivity index (χ2v) is 34.3. The third-order valence-corrected chi connectivity index (χ3v) is 25.8. The van der Waals surface area contributed by atoms with E-state index >= 15 is 0 Å². The van der Waals surface area contributed by atoms with Crippen LogP contribution in [0.4, 0.5) is 9.59 Å². The molecule has 6 fully saturated rings. The number of aryl methyl sites for hydroxylation is 2. The molecule has 0 aliphatic carbocycles. The van der Waals surface area contributed by atoms with Crippen molar-refractivity contribution in [2.24, 2.45) is 0 Å². The van der Waals surface area contributed by atoms with Gasteiger partial charge in [0.15, 0.2) is 13.5 Å². The lowest BCUT2D eigenvalue weighted by Gasteiger charge is -2.43. The van der Waals surface area contributed by atoms with Crippen LogP contribution in [0.1, 0.15) is 200 Å². The molecular weight excluding hydrogens is 1490 g/mol. The third-order valence-electron chi connectivity index (χ3n) is 25.8. The van der Waals surface area contributed by atoms with Gasteiger partial charge in [-0.2, -0.15) is 10.2 Å². The minimum absolute atomic E-state index is 0.0464. The number of aromatic amines is 2. The van der Waals surface area contributed by atoms with Crippen molar-refractivity contribution in [3.05, 3.63) is 151 Å². The summed E-state index contributed by atoms with van der Waals surface area (Å²) >= 11 is 0. The van der Waals surface area contributed by atoms with Crippen LogP contribution in [0.5, 0.6) is 0 Å². The van der Waals surface area contributed by atoms with E-state index < -0.39 is 12.1 Å². The number of amides is 6. The van der Waals surface area contributed by atoms with E-state index in [9.17, 15) is 38.4 Å². The summed E-state index contributed by atoms with van der Waals surface area (Å²) in [6.45, 7) is 20.7. The number of carbonyl (C=O) groups excluding carboxylic acids is 6. The number of piperidine rings is 4. The fourth-order valence-corrected chi connectivity index (χ4v) is 18.7. The molecule has 26 heteroatoms. The molecular formula is C92H128N16O10. The van der Waals surface area contributed by atoms with Crippen molar-refractivity contribution >= 4 is 79.4 Å². The quantitative estimate of drug-likeness (QED) is 0.0241. The van der Waals surface area contributed by atoms with Crippen molar-refractivity contribution < 1.29 is 38.2 Å². The van der Waals surface area contributed by atoms with Gasteiger partial charge in [0.1, 0.15) is 12.1 Å². The monoisotopic (exact) mass is 1620 g/mol. The SMILES string of the molecule is CCCCCCCCC(=O)OCn1cc2cc(C[C@@H](NC(=O)N3CCC(c4cc5ccccc5[nH]c4=O)CC3)C(=O)N3CCN(C4CCN(C)CC4)CC3)cc(C)c2n1.CCCCCCCCC(=O)OCn1ncc2cc(C[C@@H](NC(=O)N3CCC(c4cc5ccccc5[nH]c4=O)CC3)C(=O)N3CCN(C4CCN(C)CC4)CC3)cc(C)c21. The smallest absolute Gasteiger partial charge is 0.318 e. The number of aromatic nitrogens is 6. The molecule has 0 bridgehead atoms. The summed E-state index contributed by atoms with van der Waals surface area (Å²) in [5.74, 6) is -0.466. The number of urea groups is 2. The predicted octanol–water partition coefficient (Wildman–Crippen LogP) is 12.4. The topological polar surface area (TPSA) is 272 Å². The van der Waals surface area contributed by atoms with Crippen LogP contribution in [0.15, 0.2) is 107 Å². The second kappa shape index (κ2) is 41.9. The number of piperazine rings is 2. The summed E-state index contributed by atoms with van der Waals surface area (Å²) in [5.41, 5.74) is 8.46. The lowest BCUT2D eigenvalue weighted by Crippen LogP contribution is -2.59. The van der Waals surface area contributed by atoms with Crippen molar-refractivity contribution in [3.8, 4) is 0 Å². The summed E-state index contributed by atoms with van der Waals surface area (Å²) in [6, 6.07) is 26.8. The van der Waals surface area contributed by atoms with Gasteiger partial charge >= 0.3 is 24.0 Å². The van der Waals surface area contributed by atoms with Crippen molar-refractivity contribution in [1.29, 1.82) is 0 Å². The summed E-state index contributed by atoms with van der Waals surface area (Å²) < 4.78 is 14.6. The number of nitrogens with zero attached hydrogens (tertiary/aromatic N) is 12. The third kappa shape index (κ3) is 22.9. The van der Waals surface area contributed by atoms with E-state index in [0.29, 0.717) is 116 Å². The van der Waals surface area contributed by atoms with Crippen LogP contribution in [0, 0.1) is 13.8 Å². The Morgan fingerprint density at radius 1 is 0.466 bits per heavy atom. The fourth-order valence-electron chi connectivity index (χ4n) is 18.7. The molecule has 6 aliphatic heterocycles. The molecule has 6 amide bonds. The molecule has 0 radical (unpaired) electrons. The highest BCUT2D eigenvalue weighted by atomic mass is 16.5. The molecule has 0 spiro atoms. The number of esters is 2. The molecule has 10 heterocycles. The fraction of sp³-hybridized carbons (Fsp3) is 0.587. The normalized spacial score (nSPS) is 18.1. The summed E-state index contributed by atoms with van der Waals surface area (Å²) in [5, 5.41) is 19.4. The lowest BCUT2D eigenvalue weighted by molar-refractivity contribution is -0.148. The first-order valence-corrected chi connectivity index (χ1v) is 44.3. The van der Waals surface area contributed by atoms with E-state index in [1.54, 1.807) is 25.4 Å². The Labute approximate surface area is 695 Å². The zero-order valence-corrected chi connectivity index (χ0v) is 70.8. The van der Waals surface area contributed by atoms with Gasteiger partial charge in [-0.3, -0.25) is 38.6 Å². The molecule has 118 heavy (non-hydrogen) atoms. The van der Waals surface area contributed by atoms with Crippen LogP contribution in [0.2, 0.25) is 0 Å². The maximum absolute atomic E-state index is 14.4. The number of pyridine rings is 2. The number of hydrogen-bond donors (Lipinski definition) is 4. The molecule has 4 N–H and O–H groups in total. The number of H-pyrrole nitrogens is 2. The Hall–Kier alpha value is -9.50. The first-order chi connectivity index (χ1) is 57.3. The molecule has 8 aromatic rings. The highest BCUT2D eigenvalue weighted by Gasteiger charge is 2.37. The zero-order valence-electron chi connectivity index (χ0n) is 70.8. The van der Waals surface area contributed by atoms with Gasteiger partial charge in [0.25, 0.3) is 11.1 Å². The summed E-state index contributed by atoms with van der Waals surface area (Å²) in [4.78, 5) is 131. The molecule has 4 aromatic carbocycles. The number of rotatable bonds is 30. The standard InChI is InChI=1S/2C46H64N8O5/c1-4-5-6-7-8-9-14-42(55)59-32-54-31-37-28-34(27-33(2)43(37)49-54)29-41(45(57)52-25-23-51(24-26-52)38-17-19-50(3)20-18-38)48-46(58)53-21-15-35(16-22-53)39-30-36-12-10-11-13-40(36)47-44(39)56;1-4-5-6-7-8-9-14-42(55)59-32-54-43-33(2)27-34(28-37(43)31-47-54)29-41(45(57)52-25-23-51(24-26-52)38-17-19-50(3)20-18-38)49-46(58)53-21-15-35(16-22-53)39-30-36-12-10-11-13-40(36)48-44(39)56/h10-13,27-28,30-31,35,38,41H,4-9,14-26,29,32H2,1-3H3,(H,47,56)(H,48,58);10-13,27-28,30-31,35,38,41H,4-9,14-26,29,32H2,1-3H3,(H,48,56)(H,49,58)/t2*41-/m11/s1. The minimum atomic E-state index is -0.756. The van der Waals surface area contributed by atoms with Crippen molar-refractivity contribution in [2.75, 3.05) is 119 Å². The Balaban J connectivity index is 0.000000205. The van der Waals surface area contributed by atoms with Crippen LogP contribution in [0.25, 0.3) is 43.6 Å². The molecule has 6 saturated heterocycles. The minimum Gasteiger partial charge on any atom is -0.442 e. The number of fused-ring (bicyclic) bond motifs is 4. The maximum atomic E-state index is 14.4. The molecule has 26 nitrogen and oxygen atoms in total. The number of para-hydroxylation sites is 2. The average Bonchev–Trinajstić information content (AvgIpc) is 1.80. The highest BCUT2D eigenvalue weighted by Crippen LogP contribution is 2.32. The zero-order chi connectivity index (χ0) is 82.6. The van der Waals surface area contributed by atoms with E-state index in [1.165, 1.54) is 38.5 Å². The Morgan fingerprint density at radius 2 is 0.890 bits per heavy atom. The van der Waals surface area contributed by atoms with Crippen LogP contribution in [0.3, 0.4) is 0 Å². The van der Waals surface area contributed by atoms with Gasteiger partial charge in [-0.25, -0.2) is 19.0 Å². The number of likely N-dealkylation sites (tertiary alicyclic amines) is 4. The van der Waals surface area contributed by atoms with Crippen molar-refractivity contribution in [1.82, 2.24) is 79.4 Å². The van der Waals surface area contributed by atoms with E-state index in [1.807, 2.05) is 109 Å². The number of benzene rings is 4. The number of unbranched alkanes of at least 4 members (excludes halogenated alkanes) is 10. The molecule has 0 unspecified atom stereocenters. The number of ether oxygens (including phenoxy) is 2. The van der Waals surface area contributed by atoms with Gasteiger partial charge in [-0.1, -0.05) is 127 Å². The molecule has 636 valence electrons. The van der Waals surface area contributed by atoms with Crippen molar-refractivity contribution in [2.45, 2.75) is 231 Å². The van der Waals surface area contributed by atoms with Gasteiger partial charge in [0.05, 0.1) is 17.2 Å². The number of nitrogens with one attached hydrogen (secondary N) is 4. The lowest BCUT2D eigenvalue weighted by atomic mass is 9.89. The molecule has 2 atom stereocenters. The Kier molecular flexibility index (Phi) is 30.7. The predicted molar refractivity (Wildman–Crippen MR) is 463 cm³/mol. The van der Waals surface area contributed by atoms with E-state index in [-0.39, 0.29) is 72.2 Å². The van der Waals surface area contributed by atoms with Crippen molar-refractivity contribution in [3.63, 3.8) is 0 Å². The number of hydrogen-bond acceptors (Lipinski definition) is 16. The largest absolute Gasteiger partial charge is 0.442 e. The maximum Gasteiger partial charge on any atom is 0.318 e. The van der Waals surface area contributed by atoms with Crippen LogP contribution < -0.4 is 21.8 Å². The van der Waals surface area contributed by atoms with Crippen LogP contribution in [-0.2, 0) is 55.0 Å². The summed E-state index contributed by atoms with van der Waals surface area (Å²) in [7, 11) is 4.35. The van der Waals surface area contributed by atoms with E-state index in [2.05, 4.69) is 79.3 Å². The second-order valence-electron chi connectivity index (χ2n) is 34.3. The Bertz CT molecular complexity index is 4620. The average molecular weight is 1620 g/mol. The van der Waals surface area contributed by atoms with Gasteiger partial charge in [0.2, 0.25) is 11.8 Å². The van der Waals surface area contributed by atoms with Crippen LogP contribution in [-0.4, -0.2) is 248 Å². The van der Waals surface area contributed by atoms with Crippen LogP contribution >= 0.6 is 0 Å². The van der Waals surface area contributed by atoms with Gasteiger partial charge in [0, 0.05) is 155 Å². The van der Waals surface area contributed by atoms with Gasteiger partial charge in [-0.05, 0) is 200 Å². The first-order valence-electron chi connectivity index (χ1n) is 44.3. The highest BCUT2D eigenvalue weighted by molar-refractivity contribution is 5.90. The molecule has 0 saturated carbocycles. The summed E-state index contributed by atoms with van der Waals surface area (Å²) in [6.07, 6.45) is 25.7. The first kappa shape index (κ1) is 86.4. The number of carbonyl (C=O) groups is 6. The molecule has 6 aliphatic rings.